The van der Waals surface area contributed by atoms with Gasteiger partial charge in [0, 0.05) is 7.11 Å². The Morgan fingerprint density at radius 1 is 1.54 bits per heavy atom. The van der Waals surface area contributed by atoms with E-state index < -0.39 is 10.4 Å². The fourth-order valence-corrected chi connectivity index (χ4v) is 0.492. The Morgan fingerprint density at radius 3 is 2.23 bits per heavy atom. The number of quaternary nitrogens is 1. The summed E-state index contributed by atoms with van der Waals surface area (Å²) in [5, 5.41) is 0. The first-order valence-electron chi connectivity index (χ1n) is 3.47. The van der Waals surface area contributed by atoms with Crippen LogP contribution in [0.15, 0.2) is 12.7 Å². The van der Waals surface area contributed by atoms with Crippen LogP contribution in [0.1, 0.15) is 0 Å². The first-order valence-corrected chi connectivity index (χ1v) is 4.80. The van der Waals surface area contributed by atoms with Gasteiger partial charge in [0.15, 0.2) is 0 Å². The Labute approximate surface area is 78.3 Å². The summed E-state index contributed by atoms with van der Waals surface area (Å²) in [4.78, 5) is 0. The zero-order valence-electron chi connectivity index (χ0n) is 7.56. The second-order valence-corrected chi connectivity index (χ2v) is 2.85. The summed E-state index contributed by atoms with van der Waals surface area (Å²) in [7, 11) is -3.15. The second-order valence-electron chi connectivity index (χ2n) is 1.80. The Bertz CT molecular complexity index is 201. The molecule has 0 spiro atoms. The Hall–Kier alpha value is -0.470. The van der Waals surface area contributed by atoms with Crippen LogP contribution in [-0.4, -0.2) is 39.8 Å². The van der Waals surface area contributed by atoms with Crippen LogP contribution < -0.4 is 5.73 Å². The summed E-state index contributed by atoms with van der Waals surface area (Å²) < 4.78 is 37.2. The molecule has 0 unspecified atom stereocenters. The van der Waals surface area contributed by atoms with Gasteiger partial charge in [0.2, 0.25) is 10.4 Å². The van der Waals surface area contributed by atoms with Crippen LogP contribution in [0.5, 0.6) is 0 Å². The molecule has 0 fully saturated rings. The van der Waals surface area contributed by atoms with Gasteiger partial charge in [-0.15, -0.1) is 0 Å². The molecule has 7 heteroatoms. The first-order chi connectivity index (χ1) is 5.97. The van der Waals surface area contributed by atoms with Gasteiger partial charge in [-0.3, -0.25) is 4.18 Å². The third-order valence-electron chi connectivity index (χ3n) is 0.719. The van der Waals surface area contributed by atoms with Crippen LogP contribution in [0.25, 0.3) is 0 Å². The molecule has 0 saturated heterocycles. The van der Waals surface area contributed by atoms with Crippen molar-refractivity contribution in [3.05, 3.63) is 12.7 Å². The molecule has 0 radical (unpaired) electrons. The van der Waals surface area contributed by atoms with Gasteiger partial charge >= 0.3 is 0 Å². The van der Waals surface area contributed by atoms with Gasteiger partial charge in [0.25, 0.3) is 0 Å². The molecule has 80 valence electrons. The maximum atomic E-state index is 9.67. The lowest BCUT2D eigenvalue weighted by atomic mass is 10.7. The van der Waals surface area contributed by atoms with E-state index in [1.54, 1.807) is 6.08 Å². The van der Waals surface area contributed by atoms with E-state index in [-0.39, 0.29) is 13.2 Å². The maximum absolute atomic E-state index is 9.67. The zero-order valence-corrected chi connectivity index (χ0v) is 8.38. The smallest absolute Gasteiger partial charge is 0.217 e. The lowest BCUT2D eigenvalue weighted by Crippen LogP contribution is -2.48. The standard InChI is InChI=1S/C3H7N.C3H8O5S/c1-2-3-4;1-7-2-3-8-9(4,5)6/h2H,1,3-4H2;2-3H2,1H3,(H,4,5,6). The number of ether oxygens (including phenoxy) is 1. The minimum atomic E-state index is -4.53. The van der Waals surface area contributed by atoms with Gasteiger partial charge in [-0.05, 0) is 6.08 Å². The molecule has 0 bridgehead atoms. The molecule has 0 aromatic heterocycles. The van der Waals surface area contributed by atoms with Crippen LogP contribution >= 0.6 is 0 Å². The molecule has 0 atom stereocenters. The summed E-state index contributed by atoms with van der Waals surface area (Å²) in [6.07, 6.45) is 1.76. The molecule has 13 heavy (non-hydrogen) atoms. The van der Waals surface area contributed by atoms with Crippen molar-refractivity contribution >= 4 is 10.4 Å². The van der Waals surface area contributed by atoms with E-state index >= 15 is 0 Å². The van der Waals surface area contributed by atoms with Gasteiger partial charge in [-0.25, -0.2) is 8.42 Å². The maximum Gasteiger partial charge on any atom is 0.217 e. The van der Waals surface area contributed by atoms with E-state index in [4.69, 9.17) is 0 Å². The van der Waals surface area contributed by atoms with Gasteiger partial charge in [0.05, 0.1) is 19.8 Å². The molecule has 0 heterocycles. The van der Waals surface area contributed by atoms with Gasteiger partial charge in [-0.2, -0.15) is 0 Å². The van der Waals surface area contributed by atoms with Crippen molar-refractivity contribution in [3.8, 4) is 0 Å². The minimum Gasteiger partial charge on any atom is -0.726 e. The highest BCUT2D eigenvalue weighted by molar-refractivity contribution is 7.80. The molecule has 0 aliphatic heterocycles. The summed E-state index contributed by atoms with van der Waals surface area (Å²) in [6.45, 7) is 4.13. The first kappa shape index (κ1) is 15.0. The Morgan fingerprint density at radius 2 is 2.00 bits per heavy atom. The van der Waals surface area contributed by atoms with Gasteiger partial charge in [0.1, 0.15) is 0 Å². The zero-order chi connectivity index (χ0) is 10.7. The number of rotatable bonds is 5. The van der Waals surface area contributed by atoms with Crippen molar-refractivity contribution in [2.45, 2.75) is 0 Å². The highest BCUT2D eigenvalue weighted by Crippen LogP contribution is 1.83. The van der Waals surface area contributed by atoms with Crippen molar-refractivity contribution in [1.82, 2.24) is 0 Å². The highest BCUT2D eigenvalue weighted by Gasteiger charge is 1.91. The van der Waals surface area contributed by atoms with Gasteiger partial charge < -0.3 is 15.0 Å². The highest BCUT2D eigenvalue weighted by atomic mass is 32.3. The molecule has 6 nitrogen and oxygen atoms in total. The van der Waals surface area contributed by atoms with E-state index in [1.165, 1.54) is 7.11 Å². The molecule has 3 N–H and O–H groups in total. The summed E-state index contributed by atoms with van der Waals surface area (Å²) in [5.74, 6) is 0. The van der Waals surface area contributed by atoms with Crippen molar-refractivity contribution in [2.75, 3.05) is 26.9 Å². The molecule has 0 saturated carbocycles. The molecule has 0 aromatic rings. The van der Waals surface area contributed by atoms with E-state index in [9.17, 15) is 13.0 Å². The SMILES string of the molecule is C=CC[NH3+].COCCOS(=O)(=O)[O-]. The average molecular weight is 213 g/mol. The molecular formula is C6H15NO5S. The van der Waals surface area contributed by atoms with E-state index in [2.05, 4.69) is 21.2 Å². The van der Waals surface area contributed by atoms with Crippen molar-refractivity contribution in [2.24, 2.45) is 0 Å². The predicted octanol–water partition coefficient (Wildman–Crippen LogP) is -1.48. The molecule has 0 aromatic carbocycles. The molecule has 0 amide bonds. The molecule has 0 aliphatic carbocycles. The number of hydrogen-bond acceptors (Lipinski definition) is 5. The van der Waals surface area contributed by atoms with E-state index in [0.717, 1.165) is 6.54 Å². The Balaban J connectivity index is 0. The lowest BCUT2D eigenvalue weighted by Gasteiger charge is -2.05. The van der Waals surface area contributed by atoms with Crippen LogP contribution in [0.4, 0.5) is 0 Å². The van der Waals surface area contributed by atoms with E-state index in [0.29, 0.717) is 0 Å². The minimum absolute atomic E-state index is 0.0987. The second kappa shape index (κ2) is 9.62. The largest absolute Gasteiger partial charge is 0.726 e. The number of hydrogen-bond donors (Lipinski definition) is 1. The summed E-state index contributed by atoms with van der Waals surface area (Å²) >= 11 is 0. The summed E-state index contributed by atoms with van der Waals surface area (Å²) in [5.41, 5.74) is 3.49. The Kier molecular flexibility index (Phi) is 11.1. The van der Waals surface area contributed by atoms with Crippen molar-refractivity contribution < 1.29 is 27.6 Å². The lowest BCUT2D eigenvalue weighted by molar-refractivity contribution is -0.352. The fraction of sp³-hybridized carbons (Fsp3) is 0.667. The number of methoxy groups -OCH3 is 1. The fourth-order valence-electron chi connectivity index (χ4n) is 0.219. The average Bonchev–Trinajstić information content (AvgIpc) is 2.03. The van der Waals surface area contributed by atoms with Crippen LogP contribution in [0.2, 0.25) is 0 Å². The molecular weight excluding hydrogens is 198 g/mol. The quantitative estimate of drug-likeness (QED) is 0.260. The summed E-state index contributed by atoms with van der Waals surface area (Å²) in [6, 6.07) is 0. The van der Waals surface area contributed by atoms with Gasteiger partial charge in [-0.1, -0.05) is 6.58 Å². The van der Waals surface area contributed by atoms with Crippen LogP contribution in [0, 0.1) is 0 Å². The van der Waals surface area contributed by atoms with Crippen LogP contribution in [-0.2, 0) is 19.3 Å². The monoisotopic (exact) mass is 213 g/mol. The predicted molar refractivity (Wildman–Crippen MR) is 45.5 cm³/mol. The normalized spacial score (nSPS) is 10.1. The third-order valence-corrected chi connectivity index (χ3v) is 1.17. The van der Waals surface area contributed by atoms with E-state index in [1.807, 2.05) is 0 Å². The van der Waals surface area contributed by atoms with Crippen molar-refractivity contribution in [3.63, 3.8) is 0 Å². The van der Waals surface area contributed by atoms with Crippen molar-refractivity contribution in [1.29, 1.82) is 0 Å². The van der Waals surface area contributed by atoms with Crippen LogP contribution in [0.3, 0.4) is 0 Å². The molecule has 0 rings (SSSR count). The molecule has 0 aliphatic rings. The third kappa shape index (κ3) is 24.6. The topological polar surface area (TPSA) is 103 Å².